The van der Waals surface area contributed by atoms with Crippen LogP contribution >= 0.6 is 0 Å². The van der Waals surface area contributed by atoms with Gasteiger partial charge in [-0.15, -0.1) is 0 Å². The van der Waals surface area contributed by atoms with Gasteiger partial charge in [-0.1, -0.05) is 12.8 Å². The van der Waals surface area contributed by atoms with E-state index in [1.807, 2.05) is 0 Å². The molecule has 118 valence electrons. The first-order chi connectivity index (χ1) is 10.2. The van der Waals surface area contributed by atoms with Crippen molar-refractivity contribution in [1.82, 2.24) is 4.90 Å². The van der Waals surface area contributed by atoms with Crippen LogP contribution in [0.1, 0.15) is 44.9 Å². The van der Waals surface area contributed by atoms with Crippen LogP contribution in [0.4, 0.5) is 0 Å². The fraction of sp³-hybridized carbons (Fsp3) is 0.875. The topological polar surface area (TPSA) is 66.8 Å². The summed E-state index contributed by atoms with van der Waals surface area (Å²) in [6, 6.07) is 0. The summed E-state index contributed by atoms with van der Waals surface area (Å²) in [4.78, 5) is 25.4. The largest absolute Gasteiger partial charge is 0.481 e. The molecule has 2 aliphatic carbocycles. The Morgan fingerprint density at radius 2 is 1.81 bits per heavy atom. The summed E-state index contributed by atoms with van der Waals surface area (Å²) in [7, 11) is 0. The Morgan fingerprint density at radius 3 is 2.38 bits per heavy atom. The van der Waals surface area contributed by atoms with Gasteiger partial charge in [-0.2, -0.15) is 0 Å². The fourth-order valence-electron chi connectivity index (χ4n) is 4.13. The SMILES string of the molecule is O=C(O)CCN(C[C@@H]1CCCO1)C(=O)C1[C@H]2CCCC[C@@H]12. The number of aliphatic carboxylic acids is 1. The molecule has 3 fully saturated rings. The number of ether oxygens (including phenoxy) is 1. The Bertz CT molecular complexity index is 393. The molecule has 0 aromatic heterocycles. The number of nitrogens with zero attached hydrogens (tertiary/aromatic N) is 1. The van der Waals surface area contributed by atoms with Gasteiger partial charge in [0, 0.05) is 25.6 Å². The van der Waals surface area contributed by atoms with E-state index in [0.717, 1.165) is 19.4 Å². The summed E-state index contributed by atoms with van der Waals surface area (Å²) in [6.45, 7) is 1.66. The maximum Gasteiger partial charge on any atom is 0.305 e. The Labute approximate surface area is 125 Å². The number of carbonyl (C=O) groups excluding carboxylic acids is 1. The van der Waals surface area contributed by atoms with Gasteiger partial charge >= 0.3 is 5.97 Å². The molecular formula is C16H25NO4. The minimum atomic E-state index is -0.839. The number of carboxylic acids is 1. The first-order valence-corrected chi connectivity index (χ1v) is 8.29. The molecule has 1 amide bonds. The average molecular weight is 295 g/mol. The van der Waals surface area contributed by atoms with Crippen molar-refractivity contribution in [3.05, 3.63) is 0 Å². The molecule has 0 aromatic rings. The highest BCUT2D eigenvalue weighted by Gasteiger charge is 2.55. The fourth-order valence-corrected chi connectivity index (χ4v) is 4.13. The number of rotatable bonds is 6. The van der Waals surface area contributed by atoms with E-state index in [9.17, 15) is 9.59 Å². The first kappa shape index (κ1) is 14.8. The van der Waals surface area contributed by atoms with Gasteiger partial charge in [-0.25, -0.2) is 0 Å². The lowest BCUT2D eigenvalue weighted by atomic mass is 10.0. The van der Waals surface area contributed by atoms with Crippen LogP contribution in [-0.2, 0) is 14.3 Å². The molecule has 0 radical (unpaired) electrons. The van der Waals surface area contributed by atoms with E-state index in [1.165, 1.54) is 25.7 Å². The Balaban J connectivity index is 1.59. The molecule has 1 aliphatic heterocycles. The van der Waals surface area contributed by atoms with E-state index in [2.05, 4.69) is 0 Å². The molecule has 0 aromatic carbocycles. The zero-order valence-corrected chi connectivity index (χ0v) is 12.5. The molecule has 0 spiro atoms. The molecule has 4 atom stereocenters. The van der Waals surface area contributed by atoms with Crippen LogP contribution < -0.4 is 0 Å². The van der Waals surface area contributed by atoms with Crippen molar-refractivity contribution in [2.45, 2.75) is 51.0 Å². The molecule has 1 unspecified atom stereocenters. The van der Waals surface area contributed by atoms with Crippen LogP contribution in [0, 0.1) is 17.8 Å². The highest BCUT2D eigenvalue weighted by molar-refractivity contribution is 5.83. The Morgan fingerprint density at radius 1 is 1.10 bits per heavy atom. The van der Waals surface area contributed by atoms with Crippen LogP contribution in [0.3, 0.4) is 0 Å². The second-order valence-electron chi connectivity index (χ2n) is 6.70. The molecule has 5 heteroatoms. The molecule has 3 rings (SSSR count). The third kappa shape index (κ3) is 3.39. The third-order valence-electron chi connectivity index (χ3n) is 5.30. The van der Waals surface area contributed by atoms with E-state index in [-0.39, 0.29) is 24.3 Å². The van der Waals surface area contributed by atoms with Crippen molar-refractivity contribution in [3.8, 4) is 0 Å². The van der Waals surface area contributed by atoms with Crippen molar-refractivity contribution in [2.75, 3.05) is 19.7 Å². The molecule has 1 heterocycles. The van der Waals surface area contributed by atoms with E-state index in [0.29, 0.717) is 24.9 Å². The number of carboxylic acid groups (broad SMARTS) is 1. The van der Waals surface area contributed by atoms with Gasteiger partial charge in [-0.05, 0) is 37.5 Å². The summed E-state index contributed by atoms with van der Waals surface area (Å²) in [6.07, 6.45) is 6.98. The monoisotopic (exact) mass is 295 g/mol. The second kappa shape index (κ2) is 6.34. The first-order valence-electron chi connectivity index (χ1n) is 8.29. The molecule has 5 nitrogen and oxygen atoms in total. The van der Waals surface area contributed by atoms with E-state index in [4.69, 9.17) is 9.84 Å². The van der Waals surface area contributed by atoms with Crippen molar-refractivity contribution in [3.63, 3.8) is 0 Å². The molecule has 1 N–H and O–H groups in total. The summed E-state index contributed by atoms with van der Waals surface area (Å²) in [5.74, 6) is 0.658. The van der Waals surface area contributed by atoms with Crippen LogP contribution in [0.5, 0.6) is 0 Å². The van der Waals surface area contributed by atoms with Crippen molar-refractivity contribution < 1.29 is 19.4 Å². The summed E-state index contributed by atoms with van der Waals surface area (Å²) >= 11 is 0. The van der Waals surface area contributed by atoms with Gasteiger partial charge in [0.05, 0.1) is 12.5 Å². The average Bonchev–Trinajstić information content (AvgIpc) is 2.97. The normalized spacial score (nSPS) is 34.3. The van der Waals surface area contributed by atoms with Gasteiger partial charge in [0.15, 0.2) is 0 Å². The van der Waals surface area contributed by atoms with Gasteiger partial charge < -0.3 is 14.7 Å². The zero-order chi connectivity index (χ0) is 14.8. The molecule has 0 bridgehead atoms. The number of fused-ring (bicyclic) bond motifs is 1. The smallest absolute Gasteiger partial charge is 0.305 e. The number of carbonyl (C=O) groups is 2. The minimum Gasteiger partial charge on any atom is -0.481 e. The van der Waals surface area contributed by atoms with Gasteiger partial charge in [0.2, 0.25) is 5.91 Å². The van der Waals surface area contributed by atoms with Crippen molar-refractivity contribution in [2.24, 2.45) is 17.8 Å². The van der Waals surface area contributed by atoms with Crippen molar-refractivity contribution in [1.29, 1.82) is 0 Å². The molecule has 3 aliphatic rings. The maximum absolute atomic E-state index is 12.7. The number of amides is 1. The van der Waals surface area contributed by atoms with Crippen LogP contribution in [0.25, 0.3) is 0 Å². The summed E-state index contributed by atoms with van der Waals surface area (Å²) < 4.78 is 5.62. The Hall–Kier alpha value is -1.10. The van der Waals surface area contributed by atoms with Crippen LogP contribution in [0.15, 0.2) is 0 Å². The van der Waals surface area contributed by atoms with Gasteiger partial charge in [-0.3, -0.25) is 9.59 Å². The summed E-state index contributed by atoms with van der Waals surface area (Å²) in [5.41, 5.74) is 0. The Kier molecular flexibility index (Phi) is 4.48. The van der Waals surface area contributed by atoms with E-state index in [1.54, 1.807) is 4.90 Å². The maximum atomic E-state index is 12.7. The predicted molar refractivity (Wildman–Crippen MR) is 76.7 cm³/mol. The number of hydrogen-bond acceptors (Lipinski definition) is 3. The van der Waals surface area contributed by atoms with Crippen LogP contribution in [0.2, 0.25) is 0 Å². The summed E-state index contributed by atoms with van der Waals surface area (Å²) in [5, 5.41) is 8.90. The highest BCUT2D eigenvalue weighted by atomic mass is 16.5. The quantitative estimate of drug-likeness (QED) is 0.813. The predicted octanol–water partition coefficient (Wildman–Crippen LogP) is 1.90. The second-order valence-corrected chi connectivity index (χ2v) is 6.70. The molecule has 1 saturated heterocycles. The molecule has 2 saturated carbocycles. The lowest BCUT2D eigenvalue weighted by Crippen LogP contribution is -2.40. The van der Waals surface area contributed by atoms with E-state index < -0.39 is 5.97 Å². The molecular weight excluding hydrogens is 270 g/mol. The highest BCUT2D eigenvalue weighted by Crippen LogP contribution is 2.56. The number of hydrogen-bond donors (Lipinski definition) is 1. The van der Waals surface area contributed by atoms with Crippen LogP contribution in [-0.4, -0.2) is 47.7 Å². The van der Waals surface area contributed by atoms with Gasteiger partial charge in [0.25, 0.3) is 0 Å². The zero-order valence-electron chi connectivity index (χ0n) is 12.5. The lowest BCUT2D eigenvalue weighted by Gasteiger charge is -2.25. The van der Waals surface area contributed by atoms with Crippen molar-refractivity contribution >= 4 is 11.9 Å². The minimum absolute atomic E-state index is 0.0283. The molecule has 21 heavy (non-hydrogen) atoms. The standard InChI is InChI=1S/C16H25NO4/c18-14(19)7-8-17(10-11-4-3-9-21-11)16(20)15-12-5-1-2-6-13(12)15/h11-13,15H,1-10H2,(H,18,19)/t11-,12-,13+,15?/m0/s1. The van der Waals surface area contributed by atoms with Gasteiger partial charge in [0.1, 0.15) is 0 Å². The third-order valence-corrected chi connectivity index (χ3v) is 5.30. The van der Waals surface area contributed by atoms with E-state index >= 15 is 0 Å². The lowest BCUT2D eigenvalue weighted by molar-refractivity contribution is -0.139.